The highest BCUT2D eigenvalue weighted by Crippen LogP contribution is 2.43. The molecule has 2 aliphatic rings. The van der Waals surface area contributed by atoms with Crippen LogP contribution in [0.25, 0.3) is 0 Å². The third-order valence-electron chi connectivity index (χ3n) is 3.41. The highest BCUT2D eigenvalue weighted by atomic mass is 16.5. The highest BCUT2D eigenvalue weighted by Gasteiger charge is 2.47. The van der Waals surface area contributed by atoms with E-state index in [1.54, 1.807) is 0 Å². The molecule has 3 heteroatoms. The van der Waals surface area contributed by atoms with Crippen LogP contribution in [0.1, 0.15) is 38.5 Å². The lowest BCUT2D eigenvalue weighted by Gasteiger charge is -2.37. The molecule has 1 aliphatic carbocycles. The van der Waals surface area contributed by atoms with Crippen molar-refractivity contribution in [1.29, 1.82) is 0 Å². The van der Waals surface area contributed by atoms with Gasteiger partial charge in [0.15, 0.2) is 0 Å². The SMILES string of the molecule is O=C(O)C1CCCCC12CCCO2. The summed E-state index contributed by atoms with van der Waals surface area (Å²) in [5.74, 6) is -0.912. The Morgan fingerprint density at radius 1 is 1.31 bits per heavy atom. The van der Waals surface area contributed by atoms with E-state index in [-0.39, 0.29) is 11.5 Å². The predicted molar refractivity (Wildman–Crippen MR) is 47.5 cm³/mol. The van der Waals surface area contributed by atoms with Crippen LogP contribution in [-0.4, -0.2) is 23.3 Å². The molecule has 1 heterocycles. The zero-order valence-corrected chi connectivity index (χ0v) is 7.79. The molecule has 1 aliphatic heterocycles. The van der Waals surface area contributed by atoms with Crippen LogP contribution in [0.2, 0.25) is 0 Å². The van der Waals surface area contributed by atoms with Crippen molar-refractivity contribution in [3.05, 3.63) is 0 Å². The fraction of sp³-hybridized carbons (Fsp3) is 0.900. The third kappa shape index (κ3) is 1.46. The van der Waals surface area contributed by atoms with Gasteiger partial charge < -0.3 is 9.84 Å². The number of carboxylic acid groups (broad SMARTS) is 1. The Kier molecular flexibility index (Phi) is 2.28. The summed E-state index contributed by atoms with van der Waals surface area (Å²) in [5.41, 5.74) is -0.288. The van der Waals surface area contributed by atoms with E-state index in [4.69, 9.17) is 9.84 Å². The minimum Gasteiger partial charge on any atom is -0.481 e. The summed E-state index contributed by atoms with van der Waals surface area (Å²) in [6, 6.07) is 0. The van der Waals surface area contributed by atoms with E-state index in [1.165, 1.54) is 0 Å². The summed E-state index contributed by atoms with van der Waals surface area (Å²) in [6.45, 7) is 0.754. The maximum absolute atomic E-state index is 11.0. The van der Waals surface area contributed by atoms with E-state index in [9.17, 15) is 4.79 Å². The monoisotopic (exact) mass is 184 g/mol. The van der Waals surface area contributed by atoms with Crippen molar-refractivity contribution < 1.29 is 14.6 Å². The van der Waals surface area contributed by atoms with E-state index in [0.717, 1.165) is 45.1 Å². The second kappa shape index (κ2) is 3.29. The molecular formula is C10H16O3. The third-order valence-corrected chi connectivity index (χ3v) is 3.41. The van der Waals surface area contributed by atoms with Crippen LogP contribution in [0, 0.1) is 5.92 Å². The first kappa shape index (κ1) is 9.00. The molecular weight excluding hydrogens is 168 g/mol. The van der Waals surface area contributed by atoms with E-state index < -0.39 is 5.97 Å². The normalized spacial score (nSPS) is 39.5. The molecule has 1 spiro atoms. The van der Waals surface area contributed by atoms with Crippen LogP contribution in [0.3, 0.4) is 0 Å². The highest BCUT2D eigenvalue weighted by molar-refractivity contribution is 5.71. The Hall–Kier alpha value is -0.570. The Labute approximate surface area is 78.1 Å². The molecule has 1 N–H and O–H groups in total. The number of carboxylic acids is 1. The number of aliphatic carboxylic acids is 1. The Morgan fingerprint density at radius 2 is 2.08 bits per heavy atom. The van der Waals surface area contributed by atoms with Crippen LogP contribution >= 0.6 is 0 Å². The Balaban J connectivity index is 2.16. The van der Waals surface area contributed by atoms with Crippen molar-refractivity contribution in [2.24, 2.45) is 5.92 Å². The fourth-order valence-electron chi connectivity index (χ4n) is 2.75. The summed E-state index contributed by atoms with van der Waals surface area (Å²) in [5, 5.41) is 9.08. The standard InChI is InChI=1S/C10H16O3/c11-9(12)8-4-1-2-5-10(8)6-3-7-13-10/h8H,1-7H2,(H,11,12). The van der Waals surface area contributed by atoms with Gasteiger partial charge in [0.25, 0.3) is 0 Å². The van der Waals surface area contributed by atoms with Gasteiger partial charge in [-0.05, 0) is 25.7 Å². The van der Waals surface area contributed by atoms with Crippen molar-refractivity contribution in [1.82, 2.24) is 0 Å². The molecule has 2 rings (SSSR count). The van der Waals surface area contributed by atoms with Crippen molar-refractivity contribution in [2.45, 2.75) is 44.1 Å². The van der Waals surface area contributed by atoms with Gasteiger partial charge in [0.2, 0.25) is 0 Å². The summed E-state index contributed by atoms with van der Waals surface area (Å²) < 4.78 is 5.67. The molecule has 0 radical (unpaired) electrons. The molecule has 2 unspecified atom stereocenters. The van der Waals surface area contributed by atoms with Crippen molar-refractivity contribution >= 4 is 5.97 Å². The average molecular weight is 184 g/mol. The summed E-state index contributed by atoms with van der Waals surface area (Å²) in [4.78, 5) is 11.0. The number of carbonyl (C=O) groups is 1. The van der Waals surface area contributed by atoms with Gasteiger partial charge in [0.05, 0.1) is 11.5 Å². The molecule has 0 aromatic heterocycles. The molecule has 0 amide bonds. The van der Waals surface area contributed by atoms with Crippen molar-refractivity contribution in [3.63, 3.8) is 0 Å². The lowest BCUT2D eigenvalue weighted by Crippen LogP contribution is -2.44. The number of ether oxygens (including phenoxy) is 1. The number of hydrogen-bond acceptors (Lipinski definition) is 2. The quantitative estimate of drug-likeness (QED) is 0.676. The zero-order chi connectivity index (χ0) is 9.31. The average Bonchev–Trinajstić information content (AvgIpc) is 2.54. The maximum atomic E-state index is 11.0. The van der Waals surface area contributed by atoms with E-state index in [2.05, 4.69) is 0 Å². The largest absolute Gasteiger partial charge is 0.481 e. The molecule has 13 heavy (non-hydrogen) atoms. The summed E-state index contributed by atoms with van der Waals surface area (Å²) >= 11 is 0. The van der Waals surface area contributed by atoms with E-state index in [1.807, 2.05) is 0 Å². The van der Waals surface area contributed by atoms with Gasteiger partial charge in [-0.25, -0.2) is 0 Å². The second-order valence-corrected chi connectivity index (χ2v) is 4.15. The lowest BCUT2D eigenvalue weighted by atomic mass is 9.74. The first-order valence-electron chi connectivity index (χ1n) is 5.11. The van der Waals surface area contributed by atoms with Crippen LogP contribution in [-0.2, 0) is 9.53 Å². The van der Waals surface area contributed by atoms with Crippen molar-refractivity contribution in [3.8, 4) is 0 Å². The molecule has 2 atom stereocenters. The van der Waals surface area contributed by atoms with Gasteiger partial charge in [-0.2, -0.15) is 0 Å². The van der Waals surface area contributed by atoms with Crippen LogP contribution in [0.4, 0.5) is 0 Å². The van der Waals surface area contributed by atoms with Gasteiger partial charge in [-0.15, -0.1) is 0 Å². The Morgan fingerprint density at radius 3 is 2.69 bits per heavy atom. The first-order chi connectivity index (χ1) is 6.25. The van der Waals surface area contributed by atoms with Gasteiger partial charge in [-0.3, -0.25) is 4.79 Å². The molecule has 0 aromatic carbocycles. The molecule has 0 aromatic rings. The van der Waals surface area contributed by atoms with Gasteiger partial charge in [-0.1, -0.05) is 12.8 Å². The molecule has 1 saturated heterocycles. The smallest absolute Gasteiger partial charge is 0.309 e. The zero-order valence-electron chi connectivity index (χ0n) is 7.79. The molecule has 2 fully saturated rings. The predicted octanol–water partition coefficient (Wildman–Crippen LogP) is 1.81. The molecule has 74 valence electrons. The number of hydrogen-bond donors (Lipinski definition) is 1. The summed E-state index contributed by atoms with van der Waals surface area (Å²) in [7, 11) is 0. The minimum atomic E-state index is -0.665. The maximum Gasteiger partial charge on any atom is 0.309 e. The van der Waals surface area contributed by atoms with Crippen LogP contribution in [0.15, 0.2) is 0 Å². The van der Waals surface area contributed by atoms with E-state index in [0.29, 0.717) is 0 Å². The molecule has 1 saturated carbocycles. The summed E-state index contributed by atoms with van der Waals surface area (Å²) in [6.07, 6.45) is 5.90. The van der Waals surface area contributed by atoms with Gasteiger partial charge >= 0.3 is 5.97 Å². The fourth-order valence-corrected chi connectivity index (χ4v) is 2.75. The minimum absolute atomic E-state index is 0.247. The number of rotatable bonds is 1. The Bertz CT molecular complexity index is 206. The van der Waals surface area contributed by atoms with Crippen LogP contribution in [0.5, 0.6) is 0 Å². The second-order valence-electron chi connectivity index (χ2n) is 4.15. The first-order valence-corrected chi connectivity index (χ1v) is 5.11. The topological polar surface area (TPSA) is 46.5 Å². The van der Waals surface area contributed by atoms with Gasteiger partial charge in [0.1, 0.15) is 0 Å². The van der Waals surface area contributed by atoms with E-state index >= 15 is 0 Å². The lowest BCUT2D eigenvalue weighted by molar-refractivity contribution is -0.157. The van der Waals surface area contributed by atoms with Gasteiger partial charge in [0, 0.05) is 6.61 Å². The van der Waals surface area contributed by atoms with Crippen molar-refractivity contribution in [2.75, 3.05) is 6.61 Å². The molecule has 3 nitrogen and oxygen atoms in total. The molecule has 0 bridgehead atoms. The van der Waals surface area contributed by atoms with Crippen LogP contribution < -0.4 is 0 Å².